The molecule has 0 aliphatic heterocycles. The van der Waals surface area contributed by atoms with Crippen molar-refractivity contribution in [3.05, 3.63) is 35.3 Å². The number of pyridine rings is 1. The van der Waals surface area contributed by atoms with Crippen molar-refractivity contribution < 1.29 is 4.57 Å². The lowest BCUT2D eigenvalue weighted by Gasteiger charge is -2.03. The number of hydrogen-bond acceptors (Lipinski definition) is 2. The third-order valence-electron chi connectivity index (χ3n) is 1.42. The second kappa shape index (κ2) is 3.29. The smallest absolute Gasteiger partial charge is 0.194 e. The summed E-state index contributed by atoms with van der Waals surface area (Å²) in [7, 11) is 1.91. The Morgan fingerprint density at radius 3 is 3.00 bits per heavy atom. The minimum atomic E-state index is 0.372. The van der Waals surface area contributed by atoms with E-state index >= 15 is 0 Å². The van der Waals surface area contributed by atoms with Crippen molar-refractivity contribution >= 4 is 0 Å². The van der Waals surface area contributed by atoms with Crippen LogP contribution in [0.5, 0.6) is 0 Å². The summed E-state index contributed by atoms with van der Waals surface area (Å²) in [6, 6.07) is 5.74. The van der Waals surface area contributed by atoms with Gasteiger partial charge in [-0.05, 0) is 0 Å². The van der Waals surface area contributed by atoms with Gasteiger partial charge < -0.3 is 10.7 Å². The molecule has 1 aromatic rings. The molecule has 0 radical (unpaired) electrons. The van der Waals surface area contributed by atoms with Crippen LogP contribution < -0.4 is 10.0 Å². The third-order valence-corrected chi connectivity index (χ3v) is 1.42. The predicted molar refractivity (Wildman–Crippen MR) is 37.8 cm³/mol. The van der Waals surface area contributed by atoms with Crippen molar-refractivity contribution in [2.45, 2.75) is 6.54 Å². The molecule has 1 aromatic heterocycles. The fraction of sp³-hybridized carbons (Fsp3) is 0.286. The molecular formula is C7H10N2O. The largest absolute Gasteiger partial charge is 0.787 e. The van der Waals surface area contributed by atoms with E-state index < -0.39 is 0 Å². The molecule has 0 aliphatic carbocycles. The van der Waals surface area contributed by atoms with Crippen molar-refractivity contribution in [1.29, 1.82) is 0 Å². The van der Waals surface area contributed by atoms with Crippen LogP contribution >= 0.6 is 0 Å². The summed E-state index contributed by atoms with van der Waals surface area (Å²) in [5, 5.41) is 9.99. The van der Waals surface area contributed by atoms with E-state index in [4.69, 9.17) is 0 Å². The normalized spacial score (nSPS) is 9.80. The average molecular weight is 138 g/mol. The molecule has 0 aliphatic rings. The summed E-state index contributed by atoms with van der Waals surface area (Å²) in [5.74, 6) is 0. The van der Waals surface area contributed by atoms with Crippen molar-refractivity contribution in [1.82, 2.24) is 5.48 Å². The van der Waals surface area contributed by atoms with Gasteiger partial charge in [-0.2, -0.15) is 0 Å². The average Bonchev–Trinajstić information content (AvgIpc) is 1.94. The second-order valence-electron chi connectivity index (χ2n) is 2.12. The van der Waals surface area contributed by atoms with Crippen LogP contribution in [0.1, 0.15) is 5.69 Å². The van der Waals surface area contributed by atoms with Gasteiger partial charge >= 0.3 is 0 Å². The van der Waals surface area contributed by atoms with Crippen LogP contribution in [0.2, 0.25) is 0 Å². The second-order valence-corrected chi connectivity index (χ2v) is 2.12. The number of nitrogens with zero attached hydrogens (tertiary/aromatic N) is 1. The quantitative estimate of drug-likeness (QED) is 0.465. The molecule has 0 saturated heterocycles. The van der Waals surface area contributed by atoms with E-state index in [1.165, 1.54) is 0 Å². The minimum absolute atomic E-state index is 0.372. The fourth-order valence-corrected chi connectivity index (χ4v) is 0.816. The number of aryl methyl sites for hydroxylation is 1. The Morgan fingerprint density at radius 2 is 2.40 bits per heavy atom. The lowest BCUT2D eigenvalue weighted by Crippen LogP contribution is -2.34. The molecule has 0 unspecified atom stereocenters. The molecule has 0 bridgehead atoms. The Bertz CT molecular complexity index is 213. The van der Waals surface area contributed by atoms with Crippen LogP contribution in [0.4, 0.5) is 0 Å². The fourth-order valence-electron chi connectivity index (χ4n) is 0.816. The standard InChI is InChI=1S/C7H10N2O/c1-9-5-3-2-4-7(9)6-8-10/h2-5,8H,6H2,1H3. The van der Waals surface area contributed by atoms with Gasteiger partial charge in [0, 0.05) is 12.1 Å². The van der Waals surface area contributed by atoms with Crippen molar-refractivity contribution in [2.24, 2.45) is 7.05 Å². The van der Waals surface area contributed by atoms with Gasteiger partial charge in [-0.1, -0.05) is 6.07 Å². The Labute approximate surface area is 59.9 Å². The van der Waals surface area contributed by atoms with Crippen LogP contribution in [-0.4, -0.2) is 0 Å². The van der Waals surface area contributed by atoms with Gasteiger partial charge in [0.25, 0.3) is 0 Å². The highest BCUT2D eigenvalue weighted by molar-refractivity contribution is 4.96. The Kier molecular flexibility index (Phi) is 2.36. The number of aromatic nitrogens is 1. The molecule has 3 heteroatoms. The van der Waals surface area contributed by atoms with E-state index in [0.29, 0.717) is 6.54 Å². The minimum Gasteiger partial charge on any atom is -0.787 e. The molecule has 54 valence electrons. The summed E-state index contributed by atoms with van der Waals surface area (Å²) in [5.41, 5.74) is 2.84. The Hall–Kier alpha value is -0.930. The molecule has 0 atom stereocenters. The molecule has 3 nitrogen and oxygen atoms in total. The highest BCUT2D eigenvalue weighted by Crippen LogP contribution is 1.87. The van der Waals surface area contributed by atoms with Gasteiger partial charge in [0.15, 0.2) is 11.9 Å². The zero-order valence-electron chi connectivity index (χ0n) is 5.87. The number of rotatable bonds is 2. The Morgan fingerprint density at radius 1 is 1.60 bits per heavy atom. The van der Waals surface area contributed by atoms with Gasteiger partial charge in [0.1, 0.15) is 7.05 Å². The van der Waals surface area contributed by atoms with Gasteiger partial charge in [-0.25, -0.2) is 4.57 Å². The summed E-state index contributed by atoms with van der Waals surface area (Å²) in [6.45, 7) is 0.372. The maximum atomic E-state index is 9.99. The molecule has 10 heavy (non-hydrogen) atoms. The van der Waals surface area contributed by atoms with E-state index in [-0.39, 0.29) is 0 Å². The van der Waals surface area contributed by atoms with E-state index in [1.54, 1.807) is 0 Å². The van der Waals surface area contributed by atoms with E-state index in [0.717, 1.165) is 5.69 Å². The third kappa shape index (κ3) is 1.52. The first kappa shape index (κ1) is 7.18. The molecule has 1 rings (SSSR count). The summed E-state index contributed by atoms with van der Waals surface area (Å²) < 4.78 is 1.91. The summed E-state index contributed by atoms with van der Waals surface area (Å²) in [4.78, 5) is 0. The van der Waals surface area contributed by atoms with Crippen LogP contribution in [0.3, 0.4) is 0 Å². The monoisotopic (exact) mass is 138 g/mol. The first-order chi connectivity index (χ1) is 4.84. The molecular weight excluding hydrogens is 128 g/mol. The van der Waals surface area contributed by atoms with E-state index in [1.807, 2.05) is 41.5 Å². The molecule has 0 fully saturated rings. The van der Waals surface area contributed by atoms with Gasteiger partial charge in [-0.15, -0.1) is 0 Å². The maximum Gasteiger partial charge on any atom is 0.194 e. The molecule has 0 spiro atoms. The van der Waals surface area contributed by atoms with Crippen molar-refractivity contribution in [2.75, 3.05) is 0 Å². The van der Waals surface area contributed by atoms with E-state index in [2.05, 4.69) is 0 Å². The highest BCUT2D eigenvalue weighted by Gasteiger charge is 1.98. The molecule has 0 amide bonds. The van der Waals surface area contributed by atoms with Crippen LogP contribution in [0, 0.1) is 5.21 Å². The zero-order valence-corrected chi connectivity index (χ0v) is 5.87. The molecule has 0 aromatic carbocycles. The summed E-state index contributed by atoms with van der Waals surface area (Å²) >= 11 is 0. The summed E-state index contributed by atoms with van der Waals surface area (Å²) in [6.07, 6.45) is 1.91. The lowest BCUT2D eigenvalue weighted by atomic mass is 10.3. The zero-order chi connectivity index (χ0) is 7.40. The number of nitrogens with one attached hydrogen (secondary N) is 1. The highest BCUT2D eigenvalue weighted by atomic mass is 16.5. The van der Waals surface area contributed by atoms with Gasteiger partial charge in [-0.3, -0.25) is 0 Å². The van der Waals surface area contributed by atoms with Crippen molar-refractivity contribution in [3.8, 4) is 0 Å². The van der Waals surface area contributed by atoms with Crippen molar-refractivity contribution in [3.63, 3.8) is 0 Å². The molecule has 1 N–H and O–H groups in total. The van der Waals surface area contributed by atoms with Gasteiger partial charge in [0.05, 0.1) is 6.54 Å². The Balaban J connectivity index is 2.81. The molecule has 0 saturated carbocycles. The number of hydroxylamine groups is 1. The first-order valence-electron chi connectivity index (χ1n) is 3.13. The lowest BCUT2D eigenvalue weighted by molar-refractivity contribution is -0.679. The van der Waals surface area contributed by atoms with E-state index in [9.17, 15) is 5.21 Å². The van der Waals surface area contributed by atoms with Crippen LogP contribution in [0.15, 0.2) is 24.4 Å². The number of hydrogen-bond donors (Lipinski definition) is 1. The SMILES string of the molecule is C[n+]1ccccc1CN[O-]. The maximum absolute atomic E-state index is 9.99. The topological polar surface area (TPSA) is 39.0 Å². The van der Waals surface area contributed by atoms with Crippen LogP contribution in [0.25, 0.3) is 0 Å². The first-order valence-corrected chi connectivity index (χ1v) is 3.13. The molecule has 1 heterocycles. The van der Waals surface area contributed by atoms with Crippen LogP contribution in [-0.2, 0) is 13.6 Å². The predicted octanol–water partition coefficient (Wildman–Crippen LogP) is 0.0985. The van der Waals surface area contributed by atoms with Gasteiger partial charge in [0.2, 0.25) is 0 Å².